The fraction of sp³-hybridized carbons (Fsp3) is 0.286. The third-order valence-electron chi connectivity index (χ3n) is 5.00. The van der Waals surface area contributed by atoms with Crippen molar-refractivity contribution in [3.8, 4) is 0 Å². The first-order chi connectivity index (χ1) is 12.4. The lowest BCUT2D eigenvalue weighted by molar-refractivity contribution is 0.184. The minimum atomic E-state index is 0.122. The summed E-state index contributed by atoms with van der Waals surface area (Å²) in [5.41, 5.74) is 6.14. The van der Waals surface area contributed by atoms with Crippen molar-refractivity contribution >= 4 is 0 Å². The van der Waals surface area contributed by atoms with Gasteiger partial charge in [0.05, 0.1) is 18.2 Å². The molecule has 0 amide bonds. The fourth-order valence-corrected chi connectivity index (χ4v) is 3.74. The first kappa shape index (κ1) is 16.1. The summed E-state index contributed by atoms with van der Waals surface area (Å²) in [4.78, 5) is 2.30. The highest BCUT2D eigenvalue weighted by Crippen LogP contribution is 2.35. The van der Waals surface area contributed by atoms with E-state index in [1.165, 1.54) is 22.4 Å². The first-order valence-corrected chi connectivity index (χ1v) is 8.86. The Balaban J connectivity index is 1.78. The Labute approximate surface area is 148 Å². The van der Waals surface area contributed by atoms with Gasteiger partial charge in [0.2, 0.25) is 0 Å². The van der Waals surface area contributed by atoms with E-state index in [-0.39, 0.29) is 12.5 Å². The minimum Gasteiger partial charge on any atom is -0.395 e. The van der Waals surface area contributed by atoms with E-state index in [1.54, 1.807) is 0 Å². The van der Waals surface area contributed by atoms with E-state index in [2.05, 4.69) is 70.7 Å². The van der Waals surface area contributed by atoms with Crippen molar-refractivity contribution in [1.82, 2.24) is 15.1 Å². The molecule has 2 aromatic carbocycles. The maximum atomic E-state index is 9.29. The second kappa shape index (κ2) is 7.21. The van der Waals surface area contributed by atoms with E-state index < -0.39 is 0 Å². The fourth-order valence-electron chi connectivity index (χ4n) is 3.74. The van der Waals surface area contributed by atoms with Gasteiger partial charge >= 0.3 is 0 Å². The Morgan fingerprint density at radius 3 is 2.24 bits per heavy atom. The van der Waals surface area contributed by atoms with E-state index in [1.807, 2.05) is 0 Å². The maximum Gasteiger partial charge on any atom is 0.0788 e. The van der Waals surface area contributed by atoms with Gasteiger partial charge in [-0.15, -0.1) is 0 Å². The van der Waals surface area contributed by atoms with E-state index in [0.717, 1.165) is 25.2 Å². The van der Waals surface area contributed by atoms with Gasteiger partial charge < -0.3 is 5.11 Å². The van der Waals surface area contributed by atoms with Crippen LogP contribution in [0.5, 0.6) is 0 Å². The molecule has 3 aromatic rings. The normalized spacial score (nSPS) is 14.6. The van der Waals surface area contributed by atoms with Gasteiger partial charge in [0.25, 0.3) is 0 Å². The van der Waals surface area contributed by atoms with Crippen LogP contribution in [0.3, 0.4) is 0 Å². The second-order valence-corrected chi connectivity index (χ2v) is 6.57. The van der Waals surface area contributed by atoms with Crippen LogP contribution in [-0.4, -0.2) is 39.9 Å². The Morgan fingerprint density at radius 2 is 1.64 bits per heavy atom. The molecule has 4 heteroatoms. The summed E-state index contributed by atoms with van der Waals surface area (Å²) in [6.07, 6.45) is 0.957. The average Bonchev–Trinajstić information content (AvgIpc) is 3.07. The van der Waals surface area contributed by atoms with Crippen molar-refractivity contribution in [2.24, 2.45) is 0 Å². The van der Waals surface area contributed by atoms with Crippen molar-refractivity contribution in [3.63, 3.8) is 0 Å². The molecule has 0 saturated carbocycles. The number of nitrogens with zero attached hydrogens (tertiary/aromatic N) is 2. The maximum absolute atomic E-state index is 9.29. The summed E-state index contributed by atoms with van der Waals surface area (Å²) in [6, 6.07) is 21.1. The largest absolute Gasteiger partial charge is 0.395 e. The number of aromatic nitrogens is 2. The van der Waals surface area contributed by atoms with Gasteiger partial charge in [0.1, 0.15) is 0 Å². The van der Waals surface area contributed by atoms with Crippen molar-refractivity contribution in [2.75, 3.05) is 19.7 Å². The number of aliphatic hydroxyl groups is 1. The number of benzene rings is 2. The molecular weight excluding hydrogens is 310 g/mol. The molecule has 0 radical (unpaired) electrons. The van der Waals surface area contributed by atoms with E-state index in [0.29, 0.717) is 6.54 Å². The number of rotatable bonds is 5. The standard InChI is InChI=1S/C21H23N3O/c25-14-13-24-12-11-19-18(15-24)21(23-22-19)20(16-7-3-1-4-8-16)17-9-5-2-6-10-17/h1-10,20,25H,11-15H2,(H,22,23). The van der Waals surface area contributed by atoms with E-state index in [4.69, 9.17) is 5.10 Å². The molecule has 1 aliphatic rings. The molecular formula is C21H23N3O. The highest BCUT2D eigenvalue weighted by Gasteiger charge is 2.28. The second-order valence-electron chi connectivity index (χ2n) is 6.57. The zero-order chi connectivity index (χ0) is 17.1. The van der Waals surface area contributed by atoms with Gasteiger partial charge in [-0.1, -0.05) is 60.7 Å². The molecule has 1 aromatic heterocycles. The summed E-state index contributed by atoms with van der Waals surface area (Å²) in [5, 5.41) is 17.3. The molecule has 0 spiro atoms. The van der Waals surface area contributed by atoms with Crippen LogP contribution >= 0.6 is 0 Å². The molecule has 0 aliphatic carbocycles. The molecule has 2 heterocycles. The molecule has 0 bridgehead atoms. The Hall–Kier alpha value is -2.43. The third-order valence-corrected chi connectivity index (χ3v) is 5.00. The summed E-state index contributed by atoms with van der Waals surface area (Å²) in [5.74, 6) is 0.122. The number of H-pyrrole nitrogens is 1. The molecule has 4 nitrogen and oxygen atoms in total. The van der Waals surface area contributed by atoms with Crippen LogP contribution in [0.2, 0.25) is 0 Å². The lowest BCUT2D eigenvalue weighted by Crippen LogP contribution is -2.33. The van der Waals surface area contributed by atoms with Gasteiger partial charge in [0, 0.05) is 37.3 Å². The van der Waals surface area contributed by atoms with Crippen LogP contribution in [0.1, 0.15) is 34.0 Å². The molecule has 1 aliphatic heterocycles. The van der Waals surface area contributed by atoms with Gasteiger partial charge in [-0.05, 0) is 11.1 Å². The van der Waals surface area contributed by atoms with Gasteiger partial charge in [0.15, 0.2) is 0 Å². The quantitative estimate of drug-likeness (QED) is 0.755. The highest BCUT2D eigenvalue weighted by atomic mass is 16.3. The number of aliphatic hydroxyl groups excluding tert-OH is 1. The number of fused-ring (bicyclic) bond motifs is 1. The Bertz CT molecular complexity index is 774. The molecule has 0 fully saturated rings. The SMILES string of the molecule is OCCN1CCc2[nH]nc(C(c3ccccc3)c3ccccc3)c2C1. The summed E-state index contributed by atoms with van der Waals surface area (Å²) in [7, 11) is 0. The van der Waals surface area contributed by atoms with E-state index in [9.17, 15) is 5.11 Å². The minimum absolute atomic E-state index is 0.122. The number of nitrogens with one attached hydrogen (secondary N) is 1. The monoisotopic (exact) mass is 333 g/mol. The summed E-state index contributed by atoms with van der Waals surface area (Å²) in [6.45, 7) is 2.73. The molecule has 2 N–H and O–H groups in total. The number of aromatic amines is 1. The molecule has 4 rings (SSSR count). The van der Waals surface area contributed by atoms with Crippen LogP contribution in [0.15, 0.2) is 60.7 Å². The van der Waals surface area contributed by atoms with Crippen LogP contribution in [0, 0.1) is 0 Å². The predicted molar refractivity (Wildman–Crippen MR) is 98.5 cm³/mol. The third kappa shape index (κ3) is 3.23. The number of hydrogen-bond acceptors (Lipinski definition) is 3. The highest BCUT2D eigenvalue weighted by molar-refractivity contribution is 5.44. The van der Waals surface area contributed by atoms with E-state index >= 15 is 0 Å². The smallest absolute Gasteiger partial charge is 0.0788 e. The lowest BCUT2D eigenvalue weighted by atomic mass is 9.85. The number of hydrogen-bond donors (Lipinski definition) is 2. The van der Waals surface area contributed by atoms with Gasteiger partial charge in [-0.2, -0.15) is 5.10 Å². The molecule has 0 saturated heterocycles. The van der Waals surface area contributed by atoms with Crippen molar-refractivity contribution in [1.29, 1.82) is 0 Å². The Morgan fingerprint density at radius 1 is 1.00 bits per heavy atom. The van der Waals surface area contributed by atoms with Crippen LogP contribution in [-0.2, 0) is 13.0 Å². The van der Waals surface area contributed by atoms with Crippen molar-refractivity contribution in [2.45, 2.75) is 18.9 Å². The van der Waals surface area contributed by atoms with Crippen LogP contribution in [0.4, 0.5) is 0 Å². The summed E-state index contributed by atoms with van der Waals surface area (Å²) >= 11 is 0. The van der Waals surface area contributed by atoms with Gasteiger partial charge in [-0.3, -0.25) is 10.00 Å². The topological polar surface area (TPSA) is 52.1 Å². The van der Waals surface area contributed by atoms with Crippen molar-refractivity contribution < 1.29 is 5.11 Å². The van der Waals surface area contributed by atoms with Gasteiger partial charge in [-0.25, -0.2) is 0 Å². The lowest BCUT2D eigenvalue weighted by Gasteiger charge is -2.27. The average molecular weight is 333 g/mol. The van der Waals surface area contributed by atoms with Crippen molar-refractivity contribution in [3.05, 3.63) is 88.7 Å². The zero-order valence-electron chi connectivity index (χ0n) is 14.2. The summed E-state index contributed by atoms with van der Waals surface area (Å²) < 4.78 is 0. The number of β-amino-alcohol motifs (C(OH)–C–C–N with tert-alkyl or cyclic N) is 1. The first-order valence-electron chi connectivity index (χ1n) is 8.86. The Kier molecular flexibility index (Phi) is 4.63. The molecule has 25 heavy (non-hydrogen) atoms. The molecule has 128 valence electrons. The zero-order valence-corrected chi connectivity index (χ0v) is 14.2. The molecule has 0 atom stereocenters. The van der Waals surface area contributed by atoms with Crippen LogP contribution in [0.25, 0.3) is 0 Å². The molecule has 0 unspecified atom stereocenters. The van der Waals surface area contributed by atoms with Crippen LogP contribution < -0.4 is 0 Å². The predicted octanol–water partition coefficient (Wildman–Crippen LogP) is 2.94.